The van der Waals surface area contributed by atoms with Crippen molar-refractivity contribution in [2.75, 3.05) is 18.9 Å². The zero-order valence-corrected chi connectivity index (χ0v) is 13.2. The van der Waals surface area contributed by atoms with E-state index < -0.39 is 0 Å². The maximum atomic E-state index is 5.90. The van der Waals surface area contributed by atoms with Crippen LogP contribution in [0.5, 0.6) is 0 Å². The third-order valence-electron chi connectivity index (χ3n) is 4.03. The normalized spacial score (nSPS) is 27.7. The molecule has 1 N–H and O–H groups in total. The van der Waals surface area contributed by atoms with Crippen LogP contribution in [0.4, 0.5) is 0 Å². The van der Waals surface area contributed by atoms with E-state index in [9.17, 15) is 0 Å². The van der Waals surface area contributed by atoms with Crippen molar-refractivity contribution < 1.29 is 4.74 Å². The average Bonchev–Trinajstić information content (AvgIpc) is 2.45. The van der Waals surface area contributed by atoms with Gasteiger partial charge < -0.3 is 10.1 Å². The lowest BCUT2D eigenvalue weighted by atomic mass is 9.98. The summed E-state index contributed by atoms with van der Waals surface area (Å²) in [7, 11) is 0. The highest BCUT2D eigenvalue weighted by molar-refractivity contribution is 8.13. The van der Waals surface area contributed by atoms with Crippen LogP contribution in [0, 0.1) is 5.92 Å². The van der Waals surface area contributed by atoms with Crippen LogP contribution in [-0.2, 0) is 4.74 Å². The van der Waals surface area contributed by atoms with E-state index in [0.29, 0.717) is 18.1 Å². The number of hydrogen-bond donors (Lipinski definition) is 1. The van der Waals surface area contributed by atoms with E-state index in [0.717, 1.165) is 18.3 Å². The number of amidine groups is 1. The second kappa shape index (κ2) is 8.15. The molecule has 1 saturated heterocycles. The first-order valence-corrected chi connectivity index (χ1v) is 8.79. The van der Waals surface area contributed by atoms with Gasteiger partial charge >= 0.3 is 0 Å². The average molecular weight is 284 g/mol. The molecule has 0 aromatic carbocycles. The highest BCUT2D eigenvalue weighted by Crippen LogP contribution is 2.20. The predicted octanol–water partition coefficient (Wildman–Crippen LogP) is 3.44. The van der Waals surface area contributed by atoms with Gasteiger partial charge in [-0.05, 0) is 25.2 Å². The molecule has 1 saturated carbocycles. The fourth-order valence-corrected chi connectivity index (χ4v) is 3.73. The van der Waals surface area contributed by atoms with Gasteiger partial charge in [0, 0.05) is 11.8 Å². The Morgan fingerprint density at radius 3 is 2.79 bits per heavy atom. The van der Waals surface area contributed by atoms with Gasteiger partial charge in [-0.25, -0.2) is 0 Å². The molecule has 3 nitrogen and oxygen atoms in total. The maximum absolute atomic E-state index is 5.90. The molecule has 2 fully saturated rings. The van der Waals surface area contributed by atoms with Crippen molar-refractivity contribution in [3.05, 3.63) is 0 Å². The molecule has 0 spiro atoms. The summed E-state index contributed by atoms with van der Waals surface area (Å²) < 4.78 is 5.90. The zero-order chi connectivity index (χ0) is 13.5. The van der Waals surface area contributed by atoms with Crippen LogP contribution in [-0.4, -0.2) is 36.2 Å². The second-order valence-electron chi connectivity index (χ2n) is 5.95. The molecule has 0 aromatic heterocycles. The van der Waals surface area contributed by atoms with E-state index in [2.05, 4.69) is 24.2 Å². The van der Waals surface area contributed by atoms with E-state index in [4.69, 9.17) is 4.74 Å². The molecule has 1 heterocycles. The van der Waals surface area contributed by atoms with Crippen LogP contribution in [0.3, 0.4) is 0 Å². The molecule has 2 rings (SSSR count). The van der Waals surface area contributed by atoms with Crippen molar-refractivity contribution >= 4 is 16.9 Å². The fraction of sp³-hybridized carbons (Fsp3) is 0.933. The minimum Gasteiger partial charge on any atom is -0.376 e. The Balaban J connectivity index is 1.64. The molecule has 1 atom stereocenters. The minimum atomic E-state index is 0.504. The second-order valence-corrected chi connectivity index (χ2v) is 7.03. The summed E-state index contributed by atoms with van der Waals surface area (Å²) in [5, 5.41) is 4.67. The fourth-order valence-electron chi connectivity index (χ4n) is 2.74. The standard InChI is InChI=1S/C15H28N2OS/c1-12(2)14-8-11-19-15(17-14)16-9-10-18-13-6-4-3-5-7-13/h12-14H,3-11H2,1-2H3,(H,16,17). The van der Waals surface area contributed by atoms with Gasteiger partial charge in [-0.1, -0.05) is 44.9 Å². The SMILES string of the molecule is CC(C)C1CCSC(=NCCOC2CCCCC2)N1. The van der Waals surface area contributed by atoms with Crippen LogP contribution < -0.4 is 5.32 Å². The minimum absolute atomic E-state index is 0.504. The van der Waals surface area contributed by atoms with E-state index in [1.54, 1.807) is 0 Å². The van der Waals surface area contributed by atoms with Crippen LogP contribution in [0.2, 0.25) is 0 Å². The highest BCUT2D eigenvalue weighted by atomic mass is 32.2. The van der Waals surface area contributed by atoms with Crippen molar-refractivity contribution in [3.8, 4) is 0 Å². The Labute approximate surface area is 122 Å². The molecule has 0 bridgehead atoms. The summed E-state index contributed by atoms with van der Waals surface area (Å²) >= 11 is 1.85. The molecule has 1 unspecified atom stereocenters. The highest BCUT2D eigenvalue weighted by Gasteiger charge is 2.20. The molecular weight excluding hydrogens is 256 g/mol. The van der Waals surface area contributed by atoms with Crippen molar-refractivity contribution in [3.63, 3.8) is 0 Å². The molecule has 110 valence electrons. The van der Waals surface area contributed by atoms with Gasteiger partial charge in [0.25, 0.3) is 0 Å². The lowest BCUT2D eigenvalue weighted by Crippen LogP contribution is -2.41. The molecule has 1 aliphatic heterocycles. The van der Waals surface area contributed by atoms with Crippen LogP contribution in [0.25, 0.3) is 0 Å². The molecular formula is C15H28N2OS. The lowest BCUT2D eigenvalue weighted by molar-refractivity contribution is 0.0335. The Morgan fingerprint density at radius 1 is 1.26 bits per heavy atom. The number of nitrogens with one attached hydrogen (secondary N) is 1. The number of aliphatic imine (C=N–C) groups is 1. The van der Waals surface area contributed by atoms with Crippen molar-refractivity contribution in [2.45, 2.75) is 64.5 Å². The maximum Gasteiger partial charge on any atom is 0.156 e. The molecule has 0 radical (unpaired) electrons. The number of hydrogen-bond acceptors (Lipinski definition) is 3. The molecule has 4 heteroatoms. The van der Waals surface area contributed by atoms with Crippen LogP contribution >= 0.6 is 11.8 Å². The largest absolute Gasteiger partial charge is 0.376 e. The van der Waals surface area contributed by atoms with E-state index >= 15 is 0 Å². The number of rotatable bonds is 5. The molecule has 1 aliphatic carbocycles. The molecule has 0 aromatic rings. The van der Waals surface area contributed by atoms with E-state index in [1.165, 1.54) is 44.3 Å². The van der Waals surface area contributed by atoms with Gasteiger partial charge in [0.1, 0.15) is 0 Å². The number of nitrogens with zero attached hydrogens (tertiary/aromatic N) is 1. The van der Waals surface area contributed by atoms with Crippen molar-refractivity contribution in [1.82, 2.24) is 5.32 Å². The van der Waals surface area contributed by atoms with Gasteiger partial charge in [-0.3, -0.25) is 4.99 Å². The Bertz CT molecular complexity index is 288. The van der Waals surface area contributed by atoms with E-state index in [1.807, 2.05) is 11.8 Å². The zero-order valence-electron chi connectivity index (χ0n) is 12.4. The molecule has 2 aliphatic rings. The topological polar surface area (TPSA) is 33.6 Å². The number of thioether (sulfide) groups is 1. The Kier molecular flexibility index (Phi) is 6.51. The smallest absolute Gasteiger partial charge is 0.156 e. The summed E-state index contributed by atoms with van der Waals surface area (Å²) in [5.41, 5.74) is 0. The summed E-state index contributed by atoms with van der Waals surface area (Å²) in [6, 6.07) is 0.597. The first-order chi connectivity index (χ1) is 9.25. The van der Waals surface area contributed by atoms with Gasteiger partial charge in [-0.2, -0.15) is 0 Å². The number of ether oxygens (including phenoxy) is 1. The van der Waals surface area contributed by atoms with Crippen LogP contribution in [0.1, 0.15) is 52.4 Å². The first kappa shape index (κ1) is 15.2. The predicted molar refractivity (Wildman–Crippen MR) is 84.0 cm³/mol. The van der Waals surface area contributed by atoms with Gasteiger partial charge in [0.2, 0.25) is 0 Å². The Morgan fingerprint density at radius 2 is 2.05 bits per heavy atom. The lowest BCUT2D eigenvalue weighted by Gasteiger charge is -2.28. The monoisotopic (exact) mass is 284 g/mol. The Hall–Kier alpha value is -0.220. The third kappa shape index (κ3) is 5.35. The van der Waals surface area contributed by atoms with Crippen LogP contribution in [0.15, 0.2) is 4.99 Å². The third-order valence-corrected chi connectivity index (χ3v) is 4.99. The van der Waals surface area contributed by atoms with Gasteiger partial charge in [0.15, 0.2) is 5.17 Å². The summed E-state index contributed by atoms with van der Waals surface area (Å²) in [6.45, 7) is 6.13. The first-order valence-electron chi connectivity index (χ1n) is 7.81. The quantitative estimate of drug-likeness (QED) is 0.785. The summed E-state index contributed by atoms with van der Waals surface area (Å²) in [4.78, 5) is 4.64. The van der Waals surface area contributed by atoms with Crippen molar-refractivity contribution in [1.29, 1.82) is 0 Å². The summed E-state index contributed by atoms with van der Waals surface area (Å²) in [5.74, 6) is 1.88. The van der Waals surface area contributed by atoms with Gasteiger partial charge in [0.05, 0.1) is 19.3 Å². The molecule has 0 amide bonds. The van der Waals surface area contributed by atoms with Crippen molar-refractivity contribution in [2.24, 2.45) is 10.9 Å². The molecule has 19 heavy (non-hydrogen) atoms. The van der Waals surface area contributed by atoms with Gasteiger partial charge in [-0.15, -0.1) is 0 Å². The summed E-state index contributed by atoms with van der Waals surface area (Å²) in [6.07, 6.45) is 8.32. The van der Waals surface area contributed by atoms with E-state index in [-0.39, 0.29) is 0 Å².